The minimum absolute atomic E-state index is 0.0881. The monoisotopic (exact) mass is 345 g/mol. The van der Waals surface area contributed by atoms with Crippen molar-refractivity contribution in [1.82, 2.24) is 29.5 Å². The predicted octanol–water partition coefficient (Wildman–Crippen LogP) is 1.83. The number of rotatable bonds is 4. The van der Waals surface area contributed by atoms with Crippen LogP contribution in [0.3, 0.4) is 0 Å². The molecule has 1 N–H and O–H groups in total. The molecule has 9 heteroatoms. The van der Waals surface area contributed by atoms with E-state index in [1.165, 1.54) is 18.1 Å². The number of thioether (sulfide) groups is 1. The summed E-state index contributed by atoms with van der Waals surface area (Å²) in [4.78, 5) is 21.0. The fraction of sp³-hybridized carbons (Fsp3) is 0.400. The molecule has 0 spiro atoms. The molecule has 3 aromatic heterocycles. The van der Waals surface area contributed by atoms with Gasteiger partial charge in [0.15, 0.2) is 5.65 Å². The summed E-state index contributed by atoms with van der Waals surface area (Å²) in [5.74, 6) is -0.0881. The lowest BCUT2D eigenvalue weighted by molar-refractivity contribution is -0.115. The van der Waals surface area contributed by atoms with E-state index < -0.39 is 0 Å². The summed E-state index contributed by atoms with van der Waals surface area (Å²) >= 11 is 1.39. The second-order valence-corrected chi connectivity index (χ2v) is 6.93. The van der Waals surface area contributed by atoms with Crippen LogP contribution >= 0.6 is 11.8 Å². The van der Waals surface area contributed by atoms with Gasteiger partial charge in [0.2, 0.25) is 5.91 Å². The molecule has 3 aromatic rings. The summed E-state index contributed by atoms with van der Waals surface area (Å²) in [7, 11) is 3.68. The molecule has 126 valence electrons. The highest BCUT2D eigenvalue weighted by atomic mass is 32.2. The van der Waals surface area contributed by atoms with Crippen LogP contribution in [-0.2, 0) is 18.9 Å². The molecule has 0 saturated carbocycles. The van der Waals surface area contributed by atoms with E-state index in [9.17, 15) is 4.79 Å². The molecule has 0 aromatic carbocycles. The Hall–Kier alpha value is -2.42. The predicted molar refractivity (Wildman–Crippen MR) is 92.9 cm³/mol. The third-order valence-electron chi connectivity index (χ3n) is 3.91. The quantitative estimate of drug-likeness (QED) is 0.573. The standard InChI is InChI=1S/C15H19N7OS/c1-8-12(9(2)21(4)20-8)19-14(23)10(3)24-15-11-6-18-22(5)13(11)16-7-17-15/h6-7,10H,1-5H3,(H,19,23). The van der Waals surface area contributed by atoms with E-state index in [1.54, 1.807) is 15.6 Å². The maximum absolute atomic E-state index is 12.5. The van der Waals surface area contributed by atoms with Crippen molar-refractivity contribution in [2.75, 3.05) is 5.32 Å². The van der Waals surface area contributed by atoms with Crippen molar-refractivity contribution in [3.05, 3.63) is 23.9 Å². The number of nitrogens with zero attached hydrogens (tertiary/aromatic N) is 6. The van der Waals surface area contributed by atoms with Gasteiger partial charge < -0.3 is 5.32 Å². The van der Waals surface area contributed by atoms with Gasteiger partial charge in [-0.25, -0.2) is 9.97 Å². The molecule has 0 bridgehead atoms. The first-order valence-electron chi connectivity index (χ1n) is 7.49. The molecular weight excluding hydrogens is 326 g/mol. The minimum atomic E-state index is -0.317. The van der Waals surface area contributed by atoms with Gasteiger partial charge >= 0.3 is 0 Å². The molecule has 3 rings (SSSR count). The molecule has 0 aliphatic heterocycles. The molecule has 3 heterocycles. The van der Waals surface area contributed by atoms with E-state index in [1.807, 2.05) is 34.9 Å². The average molecular weight is 345 g/mol. The van der Waals surface area contributed by atoms with Crippen LogP contribution in [0, 0.1) is 13.8 Å². The maximum Gasteiger partial charge on any atom is 0.237 e. The molecule has 1 unspecified atom stereocenters. The first-order valence-corrected chi connectivity index (χ1v) is 8.37. The number of fused-ring (bicyclic) bond motifs is 1. The number of aromatic nitrogens is 6. The summed E-state index contributed by atoms with van der Waals surface area (Å²) < 4.78 is 3.44. The molecule has 0 fully saturated rings. The van der Waals surface area contributed by atoms with Gasteiger partial charge in [0, 0.05) is 14.1 Å². The number of carbonyl (C=O) groups is 1. The van der Waals surface area contributed by atoms with Crippen molar-refractivity contribution >= 4 is 34.4 Å². The second-order valence-electron chi connectivity index (χ2n) is 5.60. The first-order chi connectivity index (χ1) is 11.4. The molecular formula is C15H19N7OS. The highest BCUT2D eigenvalue weighted by Gasteiger charge is 2.20. The van der Waals surface area contributed by atoms with Gasteiger partial charge in [0.25, 0.3) is 0 Å². The Morgan fingerprint density at radius 2 is 2.00 bits per heavy atom. The summed E-state index contributed by atoms with van der Waals surface area (Å²) in [6.45, 7) is 5.66. The van der Waals surface area contributed by atoms with Gasteiger partial charge in [-0.3, -0.25) is 14.2 Å². The highest BCUT2D eigenvalue weighted by Crippen LogP contribution is 2.28. The van der Waals surface area contributed by atoms with E-state index >= 15 is 0 Å². The van der Waals surface area contributed by atoms with Gasteiger partial charge in [-0.1, -0.05) is 11.8 Å². The number of anilines is 1. The highest BCUT2D eigenvalue weighted by molar-refractivity contribution is 8.00. The number of hydrogen-bond donors (Lipinski definition) is 1. The molecule has 8 nitrogen and oxygen atoms in total. The Labute approximate surface area is 143 Å². The summed E-state index contributed by atoms with van der Waals surface area (Å²) in [5, 5.41) is 12.7. The van der Waals surface area contributed by atoms with Gasteiger partial charge in [-0.15, -0.1) is 0 Å². The summed E-state index contributed by atoms with van der Waals surface area (Å²) in [6, 6.07) is 0. The Morgan fingerprint density at radius 3 is 2.67 bits per heavy atom. The maximum atomic E-state index is 12.5. The van der Waals surface area contributed by atoms with Crippen molar-refractivity contribution in [2.45, 2.75) is 31.0 Å². The Kier molecular flexibility index (Phi) is 4.27. The number of aryl methyl sites for hydroxylation is 3. The molecule has 24 heavy (non-hydrogen) atoms. The first kappa shape index (κ1) is 16.4. The van der Waals surface area contributed by atoms with E-state index in [-0.39, 0.29) is 11.2 Å². The lowest BCUT2D eigenvalue weighted by atomic mass is 10.3. The van der Waals surface area contributed by atoms with Crippen LogP contribution < -0.4 is 5.32 Å². The number of hydrogen-bond acceptors (Lipinski definition) is 6. The van der Waals surface area contributed by atoms with Gasteiger partial charge in [0.05, 0.1) is 33.9 Å². The zero-order valence-corrected chi connectivity index (χ0v) is 15.0. The molecule has 1 atom stereocenters. The Morgan fingerprint density at radius 1 is 1.25 bits per heavy atom. The van der Waals surface area contributed by atoms with Crippen LogP contribution in [0.5, 0.6) is 0 Å². The summed E-state index contributed by atoms with van der Waals surface area (Å²) in [6.07, 6.45) is 3.21. The van der Waals surface area contributed by atoms with E-state index in [0.717, 1.165) is 33.1 Å². The molecule has 0 radical (unpaired) electrons. The van der Waals surface area contributed by atoms with Gasteiger partial charge in [0.1, 0.15) is 11.4 Å². The van der Waals surface area contributed by atoms with Crippen LogP contribution in [0.15, 0.2) is 17.6 Å². The number of carbonyl (C=O) groups excluding carboxylic acids is 1. The van der Waals surface area contributed by atoms with Crippen LogP contribution in [-0.4, -0.2) is 40.7 Å². The van der Waals surface area contributed by atoms with Crippen molar-refractivity contribution in [3.8, 4) is 0 Å². The normalized spacial score (nSPS) is 12.5. The molecule has 0 aliphatic carbocycles. The fourth-order valence-electron chi connectivity index (χ4n) is 2.43. The van der Waals surface area contributed by atoms with Crippen molar-refractivity contribution < 1.29 is 4.79 Å². The molecule has 0 saturated heterocycles. The zero-order chi connectivity index (χ0) is 17.4. The van der Waals surface area contributed by atoms with Crippen LogP contribution in [0.4, 0.5) is 5.69 Å². The van der Waals surface area contributed by atoms with Crippen LogP contribution in [0.1, 0.15) is 18.3 Å². The topological polar surface area (TPSA) is 90.5 Å². The van der Waals surface area contributed by atoms with Gasteiger partial charge in [-0.05, 0) is 20.8 Å². The third-order valence-corrected chi connectivity index (χ3v) is 5.02. The zero-order valence-electron chi connectivity index (χ0n) is 14.2. The average Bonchev–Trinajstić information content (AvgIpc) is 3.03. The fourth-order valence-corrected chi connectivity index (χ4v) is 3.31. The number of amides is 1. The van der Waals surface area contributed by atoms with Crippen LogP contribution in [0.2, 0.25) is 0 Å². The number of nitrogens with one attached hydrogen (secondary N) is 1. The van der Waals surface area contributed by atoms with Crippen LogP contribution in [0.25, 0.3) is 11.0 Å². The molecule has 1 amide bonds. The Balaban J connectivity index is 1.78. The second kappa shape index (κ2) is 6.23. The third kappa shape index (κ3) is 2.86. The summed E-state index contributed by atoms with van der Waals surface area (Å²) in [5.41, 5.74) is 3.25. The van der Waals surface area contributed by atoms with Crippen molar-refractivity contribution in [3.63, 3.8) is 0 Å². The largest absolute Gasteiger partial charge is 0.322 e. The lowest BCUT2D eigenvalue weighted by Gasteiger charge is -2.12. The minimum Gasteiger partial charge on any atom is -0.322 e. The Bertz CT molecular complexity index is 914. The molecule has 0 aliphatic rings. The van der Waals surface area contributed by atoms with E-state index in [4.69, 9.17) is 0 Å². The van der Waals surface area contributed by atoms with E-state index in [0.29, 0.717) is 0 Å². The van der Waals surface area contributed by atoms with E-state index in [2.05, 4.69) is 25.5 Å². The van der Waals surface area contributed by atoms with Gasteiger partial charge in [-0.2, -0.15) is 10.2 Å². The smallest absolute Gasteiger partial charge is 0.237 e. The van der Waals surface area contributed by atoms with Crippen molar-refractivity contribution in [2.24, 2.45) is 14.1 Å². The SMILES string of the molecule is Cc1nn(C)c(C)c1NC(=O)C(C)Sc1ncnc2c1cnn2C. The van der Waals surface area contributed by atoms with Crippen molar-refractivity contribution in [1.29, 1.82) is 0 Å². The lowest BCUT2D eigenvalue weighted by Crippen LogP contribution is -2.23.